The van der Waals surface area contributed by atoms with E-state index in [-0.39, 0.29) is 5.41 Å². The molecule has 0 atom stereocenters. The summed E-state index contributed by atoms with van der Waals surface area (Å²) in [7, 11) is 0. The lowest BCUT2D eigenvalue weighted by atomic mass is 9.67. The molecular formula is C26H33N. The normalized spacial score (nSPS) is 22.3. The summed E-state index contributed by atoms with van der Waals surface area (Å²) >= 11 is 0. The largest absolute Gasteiger partial charge is 0.197 e. The van der Waals surface area contributed by atoms with Crippen LogP contribution in [0.3, 0.4) is 0 Å². The van der Waals surface area contributed by atoms with Crippen molar-refractivity contribution in [2.24, 2.45) is 5.92 Å². The third kappa shape index (κ3) is 4.62. The summed E-state index contributed by atoms with van der Waals surface area (Å²) in [5.74, 6) is 0.821. The maximum atomic E-state index is 9.95. The molecular weight excluding hydrogens is 326 g/mol. The van der Waals surface area contributed by atoms with Crippen LogP contribution in [0.2, 0.25) is 0 Å². The fourth-order valence-electron chi connectivity index (χ4n) is 4.56. The average molecular weight is 360 g/mol. The minimum atomic E-state index is -0.271. The Labute approximate surface area is 165 Å². The Morgan fingerprint density at radius 1 is 0.889 bits per heavy atom. The highest BCUT2D eigenvalue weighted by molar-refractivity contribution is 5.64. The van der Waals surface area contributed by atoms with Gasteiger partial charge in [-0.3, -0.25) is 0 Å². The SMILES string of the molecule is CCCCc1ccc(-c2ccc([C@]3(C#N)CC[C@H](CCC)CC3)cc2)cc1. The van der Waals surface area contributed by atoms with Crippen LogP contribution in [0, 0.1) is 17.2 Å². The van der Waals surface area contributed by atoms with E-state index in [2.05, 4.69) is 68.4 Å². The van der Waals surface area contributed by atoms with Gasteiger partial charge in [-0.1, -0.05) is 81.6 Å². The fourth-order valence-corrected chi connectivity index (χ4v) is 4.56. The van der Waals surface area contributed by atoms with Gasteiger partial charge in [0, 0.05) is 0 Å². The highest BCUT2D eigenvalue weighted by Crippen LogP contribution is 2.42. The zero-order valence-corrected chi connectivity index (χ0v) is 17.0. The Bertz CT molecular complexity index is 740. The Kier molecular flexibility index (Phi) is 6.73. The first kappa shape index (κ1) is 19.7. The van der Waals surface area contributed by atoms with Crippen molar-refractivity contribution in [1.82, 2.24) is 0 Å². The topological polar surface area (TPSA) is 23.8 Å². The lowest BCUT2D eigenvalue weighted by Gasteiger charge is -2.35. The van der Waals surface area contributed by atoms with E-state index in [9.17, 15) is 5.26 Å². The Morgan fingerprint density at radius 3 is 2.00 bits per heavy atom. The van der Waals surface area contributed by atoms with E-state index < -0.39 is 0 Å². The van der Waals surface area contributed by atoms with Crippen LogP contribution in [0.15, 0.2) is 48.5 Å². The molecule has 0 radical (unpaired) electrons. The van der Waals surface area contributed by atoms with Crippen molar-refractivity contribution in [2.45, 2.75) is 77.0 Å². The lowest BCUT2D eigenvalue weighted by Crippen LogP contribution is -2.30. The Hall–Kier alpha value is -2.07. The molecule has 0 aromatic heterocycles. The second-order valence-corrected chi connectivity index (χ2v) is 8.30. The summed E-state index contributed by atoms with van der Waals surface area (Å²) in [6.45, 7) is 4.50. The molecule has 0 spiro atoms. The van der Waals surface area contributed by atoms with Gasteiger partial charge in [-0.2, -0.15) is 5.26 Å². The van der Waals surface area contributed by atoms with Crippen LogP contribution in [0.1, 0.15) is 76.3 Å². The van der Waals surface area contributed by atoms with Crippen molar-refractivity contribution < 1.29 is 0 Å². The molecule has 0 saturated heterocycles. The van der Waals surface area contributed by atoms with Crippen molar-refractivity contribution in [3.63, 3.8) is 0 Å². The molecule has 1 aliphatic carbocycles. The van der Waals surface area contributed by atoms with Crippen LogP contribution in [-0.4, -0.2) is 0 Å². The first-order valence-electron chi connectivity index (χ1n) is 10.8. The summed E-state index contributed by atoms with van der Waals surface area (Å²) in [4.78, 5) is 0. The zero-order chi connectivity index (χ0) is 19.1. The van der Waals surface area contributed by atoms with Gasteiger partial charge in [-0.25, -0.2) is 0 Å². The van der Waals surface area contributed by atoms with E-state index in [0.717, 1.165) is 18.8 Å². The molecule has 1 fully saturated rings. The third-order valence-electron chi connectivity index (χ3n) is 6.41. The number of nitriles is 1. The van der Waals surface area contributed by atoms with Crippen LogP contribution >= 0.6 is 0 Å². The second-order valence-electron chi connectivity index (χ2n) is 8.30. The van der Waals surface area contributed by atoms with Gasteiger partial charge in [0.2, 0.25) is 0 Å². The van der Waals surface area contributed by atoms with E-state index in [4.69, 9.17) is 0 Å². The fraction of sp³-hybridized carbons (Fsp3) is 0.500. The molecule has 0 aliphatic heterocycles. The van der Waals surface area contributed by atoms with Crippen LogP contribution in [0.5, 0.6) is 0 Å². The highest BCUT2D eigenvalue weighted by Gasteiger charge is 2.36. The van der Waals surface area contributed by atoms with Gasteiger partial charge >= 0.3 is 0 Å². The number of aryl methyl sites for hydroxylation is 1. The number of hydrogen-bond acceptors (Lipinski definition) is 1. The quantitative estimate of drug-likeness (QED) is 0.503. The van der Waals surface area contributed by atoms with Crippen LogP contribution < -0.4 is 0 Å². The smallest absolute Gasteiger partial charge is 0.0822 e. The molecule has 0 unspecified atom stereocenters. The second kappa shape index (κ2) is 9.23. The van der Waals surface area contributed by atoms with E-state index >= 15 is 0 Å². The van der Waals surface area contributed by atoms with Gasteiger partial charge in [-0.05, 0) is 66.7 Å². The molecule has 1 aliphatic rings. The van der Waals surface area contributed by atoms with Crippen LogP contribution in [0.25, 0.3) is 11.1 Å². The molecule has 2 aromatic carbocycles. The molecule has 1 nitrogen and oxygen atoms in total. The summed E-state index contributed by atoms with van der Waals surface area (Å²) in [6, 6.07) is 20.5. The molecule has 0 bridgehead atoms. The van der Waals surface area contributed by atoms with E-state index in [1.807, 2.05) is 0 Å². The summed E-state index contributed by atoms with van der Waals surface area (Å²) in [5, 5.41) is 9.95. The van der Waals surface area contributed by atoms with Gasteiger partial charge in [-0.15, -0.1) is 0 Å². The maximum Gasteiger partial charge on any atom is 0.0822 e. The zero-order valence-electron chi connectivity index (χ0n) is 17.0. The Balaban J connectivity index is 1.72. The molecule has 1 saturated carbocycles. The maximum absolute atomic E-state index is 9.95. The predicted molar refractivity (Wildman–Crippen MR) is 115 cm³/mol. The molecule has 0 amide bonds. The first-order valence-corrected chi connectivity index (χ1v) is 10.8. The van der Waals surface area contributed by atoms with Gasteiger partial charge in [0.1, 0.15) is 0 Å². The number of unbranched alkanes of at least 4 members (excludes halogenated alkanes) is 1. The minimum absolute atomic E-state index is 0.271. The van der Waals surface area contributed by atoms with Crippen LogP contribution in [-0.2, 0) is 11.8 Å². The molecule has 0 N–H and O–H groups in total. The van der Waals surface area contributed by atoms with Crippen molar-refractivity contribution in [2.75, 3.05) is 0 Å². The van der Waals surface area contributed by atoms with Crippen LogP contribution in [0.4, 0.5) is 0 Å². The summed E-state index contributed by atoms with van der Waals surface area (Å²) < 4.78 is 0. The van der Waals surface area contributed by atoms with Crippen molar-refractivity contribution in [3.05, 3.63) is 59.7 Å². The van der Waals surface area contributed by atoms with E-state index in [1.54, 1.807) is 0 Å². The molecule has 142 valence electrons. The molecule has 0 heterocycles. The minimum Gasteiger partial charge on any atom is -0.197 e. The molecule has 3 rings (SSSR count). The van der Waals surface area contributed by atoms with Gasteiger partial charge < -0.3 is 0 Å². The third-order valence-corrected chi connectivity index (χ3v) is 6.41. The van der Waals surface area contributed by atoms with Crippen molar-refractivity contribution >= 4 is 0 Å². The standard InChI is InChI=1S/C26H33N/c1-3-5-7-22-8-10-23(11-9-22)24-12-14-25(15-13-24)26(20-27)18-16-21(6-4-2)17-19-26/h8-15,21H,3-7,16-19H2,1-2H3/t21-,26+. The number of hydrogen-bond donors (Lipinski definition) is 0. The van der Waals surface area contributed by atoms with Crippen molar-refractivity contribution in [1.29, 1.82) is 5.26 Å². The lowest BCUT2D eigenvalue weighted by molar-refractivity contribution is 0.265. The summed E-state index contributed by atoms with van der Waals surface area (Å²) in [5.41, 5.74) is 4.87. The predicted octanol–water partition coefficient (Wildman–Crippen LogP) is 7.45. The molecule has 27 heavy (non-hydrogen) atoms. The summed E-state index contributed by atoms with van der Waals surface area (Å²) in [6.07, 6.45) is 10.7. The average Bonchev–Trinajstić information content (AvgIpc) is 2.74. The number of nitrogens with zero attached hydrogens (tertiary/aromatic N) is 1. The number of rotatable bonds is 7. The number of benzene rings is 2. The van der Waals surface area contributed by atoms with E-state index in [1.165, 1.54) is 67.2 Å². The van der Waals surface area contributed by atoms with Crippen molar-refractivity contribution in [3.8, 4) is 17.2 Å². The molecule has 1 heteroatoms. The molecule has 2 aromatic rings. The Morgan fingerprint density at radius 2 is 1.48 bits per heavy atom. The van der Waals surface area contributed by atoms with Gasteiger partial charge in [0.15, 0.2) is 0 Å². The van der Waals surface area contributed by atoms with E-state index in [0.29, 0.717) is 0 Å². The first-order chi connectivity index (χ1) is 13.2. The van der Waals surface area contributed by atoms with Gasteiger partial charge in [0.25, 0.3) is 0 Å². The van der Waals surface area contributed by atoms with Gasteiger partial charge in [0.05, 0.1) is 11.5 Å². The monoisotopic (exact) mass is 359 g/mol. The highest BCUT2D eigenvalue weighted by atomic mass is 14.4.